The van der Waals surface area contributed by atoms with Gasteiger partial charge in [-0.15, -0.1) is 11.6 Å². The van der Waals surface area contributed by atoms with E-state index in [0.29, 0.717) is 19.0 Å². The van der Waals surface area contributed by atoms with Gasteiger partial charge >= 0.3 is 6.18 Å². The standard InChI is InChI=1S/C8H15ClF3NO/c1-14-6-7(5-9)13-4-2-3-8(10,11)12/h7,13H,2-6H2,1H3. The molecule has 6 heteroatoms. The van der Waals surface area contributed by atoms with Gasteiger partial charge in [0.2, 0.25) is 0 Å². The van der Waals surface area contributed by atoms with Crippen LogP contribution in [-0.4, -0.2) is 38.4 Å². The van der Waals surface area contributed by atoms with Crippen molar-refractivity contribution in [3.8, 4) is 0 Å². The zero-order valence-corrected chi connectivity index (χ0v) is 8.79. The highest BCUT2D eigenvalue weighted by atomic mass is 35.5. The average molecular weight is 234 g/mol. The predicted molar refractivity (Wildman–Crippen MR) is 49.7 cm³/mol. The van der Waals surface area contributed by atoms with Gasteiger partial charge < -0.3 is 10.1 Å². The number of nitrogens with one attached hydrogen (secondary N) is 1. The maximum absolute atomic E-state index is 11.7. The van der Waals surface area contributed by atoms with Crippen LogP contribution in [0, 0.1) is 0 Å². The zero-order valence-electron chi connectivity index (χ0n) is 8.03. The van der Waals surface area contributed by atoms with Crippen LogP contribution in [0.25, 0.3) is 0 Å². The van der Waals surface area contributed by atoms with Crippen molar-refractivity contribution in [2.45, 2.75) is 25.1 Å². The second-order valence-electron chi connectivity index (χ2n) is 2.98. The molecule has 0 aromatic carbocycles. The molecule has 1 unspecified atom stereocenters. The maximum Gasteiger partial charge on any atom is 0.389 e. The minimum Gasteiger partial charge on any atom is -0.383 e. The van der Waals surface area contributed by atoms with Crippen molar-refractivity contribution in [2.75, 3.05) is 26.1 Å². The lowest BCUT2D eigenvalue weighted by Crippen LogP contribution is -2.35. The minimum absolute atomic E-state index is 0.0700. The molecular weight excluding hydrogens is 219 g/mol. The summed E-state index contributed by atoms with van der Waals surface area (Å²) in [5, 5.41) is 2.89. The van der Waals surface area contributed by atoms with Gasteiger partial charge in [-0.3, -0.25) is 0 Å². The van der Waals surface area contributed by atoms with Crippen molar-refractivity contribution >= 4 is 11.6 Å². The molecule has 0 heterocycles. The van der Waals surface area contributed by atoms with Crippen molar-refractivity contribution in [3.63, 3.8) is 0 Å². The first kappa shape index (κ1) is 14.0. The molecule has 0 aliphatic rings. The first-order valence-corrected chi connectivity index (χ1v) is 4.88. The van der Waals surface area contributed by atoms with Crippen molar-refractivity contribution in [1.29, 1.82) is 0 Å². The monoisotopic (exact) mass is 233 g/mol. The molecule has 0 aliphatic heterocycles. The maximum atomic E-state index is 11.7. The number of methoxy groups -OCH3 is 1. The van der Waals surface area contributed by atoms with E-state index in [9.17, 15) is 13.2 Å². The smallest absolute Gasteiger partial charge is 0.383 e. The second-order valence-corrected chi connectivity index (χ2v) is 3.29. The number of ether oxygens (including phenoxy) is 1. The first-order valence-electron chi connectivity index (χ1n) is 4.34. The zero-order chi connectivity index (χ0) is 11.0. The molecule has 0 saturated heterocycles. The van der Waals surface area contributed by atoms with Gasteiger partial charge in [-0.25, -0.2) is 0 Å². The van der Waals surface area contributed by atoms with Gasteiger partial charge in [-0.05, 0) is 13.0 Å². The molecule has 1 atom stereocenters. The molecule has 86 valence electrons. The summed E-state index contributed by atoms with van der Waals surface area (Å²) in [6.07, 6.45) is -4.76. The minimum atomic E-state index is -4.07. The van der Waals surface area contributed by atoms with Gasteiger partial charge in [0.15, 0.2) is 0 Å². The largest absolute Gasteiger partial charge is 0.389 e. The summed E-state index contributed by atoms with van der Waals surface area (Å²) in [7, 11) is 1.52. The quantitative estimate of drug-likeness (QED) is 0.538. The van der Waals surface area contributed by atoms with Crippen LogP contribution >= 0.6 is 11.6 Å². The molecule has 0 aromatic heterocycles. The summed E-state index contributed by atoms with van der Waals surface area (Å²) in [5.74, 6) is 0.333. The van der Waals surface area contributed by atoms with Crippen LogP contribution in [-0.2, 0) is 4.74 Å². The summed E-state index contributed by atoms with van der Waals surface area (Å²) in [6.45, 7) is 0.718. The average Bonchev–Trinajstić information content (AvgIpc) is 2.08. The highest BCUT2D eigenvalue weighted by Gasteiger charge is 2.25. The number of hydrogen-bond donors (Lipinski definition) is 1. The predicted octanol–water partition coefficient (Wildman–Crippen LogP) is 2.17. The first-order chi connectivity index (χ1) is 6.49. The van der Waals surface area contributed by atoms with E-state index in [0.717, 1.165) is 0 Å². The highest BCUT2D eigenvalue weighted by molar-refractivity contribution is 6.18. The molecular formula is C8H15ClF3NO. The molecule has 1 N–H and O–H groups in total. The fourth-order valence-electron chi connectivity index (χ4n) is 0.954. The highest BCUT2D eigenvalue weighted by Crippen LogP contribution is 2.20. The number of alkyl halides is 4. The summed E-state index contributed by atoms with van der Waals surface area (Å²) >= 11 is 5.55. The number of halogens is 4. The van der Waals surface area contributed by atoms with Crippen LogP contribution in [0.2, 0.25) is 0 Å². The van der Waals surface area contributed by atoms with E-state index in [2.05, 4.69) is 5.32 Å². The van der Waals surface area contributed by atoms with Crippen LogP contribution in [0.5, 0.6) is 0 Å². The van der Waals surface area contributed by atoms with Crippen LogP contribution < -0.4 is 5.32 Å². The van der Waals surface area contributed by atoms with Gasteiger partial charge in [0, 0.05) is 25.5 Å². The van der Waals surface area contributed by atoms with Crippen LogP contribution in [0.15, 0.2) is 0 Å². The van der Waals surface area contributed by atoms with Crippen molar-refractivity contribution in [2.24, 2.45) is 0 Å². The Morgan fingerprint density at radius 2 is 2.07 bits per heavy atom. The van der Waals surface area contributed by atoms with E-state index in [1.54, 1.807) is 0 Å². The van der Waals surface area contributed by atoms with E-state index < -0.39 is 12.6 Å². The van der Waals surface area contributed by atoms with Gasteiger partial charge in [0.1, 0.15) is 0 Å². The molecule has 0 aromatic rings. The Morgan fingerprint density at radius 3 is 2.50 bits per heavy atom. The fourth-order valence-corrected chi connectivity index (χ4v) is 1.15. The molecule has 0 rings (SSSR count). The van der Waals surface area contributed by atoms with Gasteiger partial charge in [0.05, 0.1) is 6.61 Å². The lowest BCUT2D eigenvalue weighted by atomic mass is 10.3. The number of rotatable bonds is 7. The fraction of sp³-hybridized carbons (Fsp3) is 1.00. The third-order valence-corrected chi connectivity index (χ3v) is 2.00. The van der Waals surface area contributed by atoms with Crippen molar-refractivity contribution < 1.29 is 17.9 Å². The molecule has 0 aliphatic carbocycles. The molecule has 0 spiro atoms. The normalized spacial score (nSPS) is 14.4. The van der Waals surface area contributed by atoms with Crippen molar-refractivity contribution in [3.05, 3.63) is 0 Å². The van der Waals surface area contributed by atoms with Crippen LogP contribution in [0.4, 0.5) is 13.2 Å². The molecule has 0 radical (unpaired) electrons. The van der Waals surface area contributed by atoms with E-state index in [-0.39, 0.29) is 12.5 Å². The Kier molecular flexibility index (Phi) is 7.31. The molecule has 0 saturated carbocycles. The second kappa shape index (κ2) is 7.31. The molecule has 0 fully saturated rings. The third kappa shape index (κ3) is 8.59. The van der Waals surface area contributed by atoms with Crippen LogP contribution in [0.3, 0.4) is 0 Å². The topological polar surface area (TPSA) is 21.3 Å². The van der Waals surface area contributed by atoms with Gasteiger partial charge in [-0.1, -0.05) is 0 Å². The van der Waals surface area contributed by atoms with Crippen LogP contribution in [0.1, 0.15) is 12.8 Å². The Morgan fingerprint density at radius 1 is 1.43 bits per heavy atom. The molecule has 0 amide bonds. The Balaban J connectivity index is 3.42. The van der Waals surface area contributed by atoms with Gasteiger partial charge in [-0.2, -0.15) is 13.2 Å². The summed E-state index contributed by atoms with van der Waals surface area (Å²) < 4.78 is 40.0. The summed E-state index contributed by atoms with van der Waals surface area (Å²) in [4.78, 5) is 0. The molecule has 0 bridgehead atoms. The number of hydrogen-bond acceptors (Lipinski definition) is 2. The molecule has 14 heavy (non-hydrogen) atoms. The third-order valence-electron chi connectivity index (χ3n) is 1.62. The SMILES string of the molecule is COCC(CCl)NCCCC(F)(F)F. The van der Waals surface area contributed by atoms with E-state index in [1.807, 2.05) is 0 Å². The van der Waals surface area contributed by atoms with E-state index in [1.165, 1.54) is 7.11 Å². The van der Waals surface area contributed by atoms with E-state index >= 15 is 0 Å². The lowest BCUT2D eigenvalue weighted by molar-refractivity contribution is -0.135. The van der Waals surface area contributed by atoms with Crippen molar-refractivity contribution in [1.82, 2.24) is 5.32 Å². The lowest BCUT2D eigenvalue weighted by Gasteiger charge is -2.15. The Bertz CT molecular complexity index is 143. The van der Waals surface area contributed by atoms with E-state index in [4.69, 9.17) is 16.3 Å². The van der Waals surface area contributed by atoms with Gasteiger partial charge in [0.25, 0.3) is 0 Å². The Hall–Kier alpha value is -0.0000000000000000555. The summed E-state index contributed by atoms with van der Waals surface area (Å²) in [6, 6.07) is -0.0742. The summed E-state index contributed by atoms with van der Waals surface area (Å²) in [5.41, 5.74) is 0. The molecule has 2 nitrogen and oxygen atoms in total. The Labute approximate surface area is 86.8 Å².